The van der Waals surface area contributed by atoms with Gasteiger partial charge in [0.2, 0.25) is 5.82 Å². The maximum absolute atomic E-state index is 12.9. The molecule has 0 fully saturated rings. The molecule has 3 rings (SSSR count). The first-order chi connectivity index (χ1) is 13.4. The lowest BCUT2D eigenvalue weighted by atomic mass is 10.2. The third kappa shape index (κ3) is 4.57. The Morgan fingerprint density at radius 1 is 1.04 bits per heavy atom. The number of hydrogen-bond donors (Lipinski definition) is 0. The highest BCUT2D eigenvalue weighted by atomic mass is 19.4. The molecule has 1 amide bonds. The van der Waals surface area contributed by atoms with Gasteiger partial charge >= 0.3 is 6.18 Å². The first-order valence-corrected chi connectivity index (χ1v) is 8.83. The number of carbonyl (C=O) groups excluding carboxylic acids is 1. The van der Waals surface area contributed by atoms with Crippen LogP contribution in [0.5, 0.6) is 0 Å². The molecule has 0 saturated carbocycles. The number of halogens is 3. The molecule has 146 valence electrons. The maximum atomic E-state index is 12.9. The minimum Gasteiger partial charge on any atom is -0.327 e. The van der Waals surface area contributed by atoms with Gasteiger partial charge in [-0.1, -0.05) is 55.5 Å². The van der Waals surface area contributed by atoms with Gasteiger partial charge < -0.3 is 4.90 Å². The van der Waals surface area contributed by atoms with Crippen LogP contribution in [0.4, 0.5) is 13.2 Å². The summed E-state index contributed by atoms with van der Waals surface area (Å²) in [5.74, 6) is -0.718. The van der Waals surface area contributed by atoms with Gasteiger partial charge in [0.05, 0.1) is 5.69 Å². The molecule has 0 bridgehead atoms. The zero-order valence-electron chi connectivity index (χ0n) is 15.2. The fourth-order valence-corrected chi connectivity index (χ4v) is 2.81. The van der Waals surface area contributed by atoms with Gasteiger partial charge in [0.25, 0.3) is 5.91 Å². The van der Waals surface area contributed by atoms with Crippen LogP contribution in [0.25, 0.3) is 17.1 Å². The fourth-order valence-electron chi connectivity index (χ4n) is 2.81. The van der Waals surface area contributed by atoms with Crippen molar-refractivity contribution in [2.75, 3.05) is 13.1 Å². The number of aromatic nitrogens is 3. The zero-order chi connectivity index (χ0) is 20.1. The van der Waals surface area contributed by atoms with E-state index in [-0.39, 0.29) is 12.4 Å². The van der Waals surface area contributed by atoms with Crippen LogP contribution < -0.4 is 0 Å². The number of hydrogen-bond acceptors (Lipinski definition) is 3. The van der Waals surface area contributed by atoms with Crippen LogP contribution in [0.15, 0.2) is 60.7 Å². The van der Waals surface area contributed by atoms with Gasteiger partial charge in [0, 0.05) is 12.1 Å². The quantitative estimate of drug-likeness (QED) is 0.631. The van der Waals surface area contributed by atoms with E-state index >= 15 is 0 Å². The Labute approximate surface area is 160 Å². The Kier molecular flexibility index (Phi) is 5.77. The molecule has 1 heterocycles. The molecule has 0 spiro atoms. The first-order valence-electron chi connectivity index (χ1n) is 8.83. The highest BCUT2D eigenvalue weighted by molar-refractivity contribution is 5.91. The van der Waals surface area contributed by atoms with E-state index in [1.54, 1.807) is 43.3 Å². The van der Waals surface area contributed by atoms with Crippen LogP contribution in [-0.4, -0.2) is 44.8 Å². The number of nitrogens with zero attached hydrogens (tertiary/aromatic N) is 4. The maximum Gasteiger partial charge on any atom is 0.406 e. The van der Waals surface area contributed by atoms with E-state index in [0.29, 0.717) is 23.5 Å². The van der Waals surface area contributed by atoms with Crippen LogP contribution in [0.1, 0.15) is 24.0 Å². The van der Waals surface area contributed by atoms with E-state index in [2.05, 4.69) is 10.1 Å². The van der Waals surface area contributed by atoms with Crippen molar-refractivity contribution < 1.29 is 18.0 Å². The molecule has 5 nitrogen and oxygen atoms in total. The Hall–Kier alpha value is -3.16. The summed E-state index contributed by atoms with van der Waals surface area (Å²) in [4.78, 5) is 17.7. The molecular weight excluding hydrogens is 369 g/mol. The van der Waals surface area contributed by atoms with Gasteiger partial charge in [-0.25, -0.2) is 9.67 Å². The summed E-state index contributed by atoms with van der Waals surface area (Å²) in [5.41, 5.74) is 1.36. The summed E-state index contributed by atoms with van der Waals surface area (Å²) >= 11 is 0. The molecule has 0 saturated heterocycles. The Bertz CT molecular complexity index is 867. The number of rotatable bonds is 6. The van der Waals surface area contributed by atoms with Crippen molar-refractivity contribution in [1.29, 1.82) is 0 Å². The number of carbonyl (C=O) groups is 1. The highest BCUT2D eigenvalue weighted by Gasteiger charge is 2.34. The third-order valence-corrected chi connectivity index (χ3v) is 3.98. The zero-order valence-corrected chi connectivity index (χ0v) is 15.2. The lowest BCUT2D eigenvalue weighted by Crippen LogP contribution is -2.40. The summed E-state index contributed by atoms with van der Waals surface area (Å²) in [6.45, 7) is 0.348. The predicted molar refractivity (Wildman–Crippen MR) is 99.0 cm³/mol. The van der Waals surface area contributed by atoms with E-state index in [0.717, 1.165) is 4.90 Å². The van der Waals surface area contributed by atoms with Crippen LogP contribution in [0.3, 0.4) is 0 Å². The number of alkyl halides is 3. The van der Waals surface area contributed by atoms with Crippen molar-refractivity contribution >= 4 is 5.91 Å². The standard InChI is InChI=1S/C20H19F3N4O/c1-2-13-26(14-20(21,22)23)19(28)17-24-18(15-9-5-3-6-10-15)27(25-17)16-11-7-4-8-12-16/h3-12H,2,13-14H2,1H3. The summed E-state index contributed by atoms with van der Waals surface area (Å²) in [7, 11) is 0. The van der Waals surface area contributed by atoms with E-state index in [9.17, 15) is 18.0 Å². The molecule has 0 aliphatic carbocycles. The molecular formula is C20H19F3N4O. The van der Waals surface area contributed by atoms with Gasteiger partial charge in [0.15, 0.2) is 5.82 Å². The van der Waals surface area contributed by atoms with Crippen molar-refractivity contribution in [1.82, 2.24) is 19.7 Å². The van der Waals surface area contributed by atoms with E-state index in [4.69, 9.17) is 0 Å². The third-order valence-electron chi connectivity index (χ3n) is 3.98. The van der Waals surface area contributed by atoms with Gasteiger partial charge in [-0.2, -0.15) is 13.2 Å². The molecule has 28 heavy (non-hydrogen) atoms. The van der Waals surface area contributed by atoms with Gasteiger partial charge in [-0.05, 0) is 18.6 Å². The van der Waals surface area contributed by atoms with E-state index in [1.807, 2.05) is 24.3 Å². The minimum atomic E-state index is -4.49. The molecule has 0 N–H and O–H groups in total. The normalized spacial score (nSPS) is 11.4. The van der Waals surface area contributed by atoms with Crippen LogP contribution in [0.2, 0.25) is 0 Å². The highest BCUT2D eigenvalue weighted by Crippen LogP contribution is 2.23. The average Bonchev–Trinajstić information content (AvgIpc) is 3.13. The Morgan fingerprint density at radius 3 is 2.21 bits per heavy atom. The monoisotopic (exact) mass is 388 g/mol. The summed E-state index contributed by atoms with van der Waals surface area (Å²) < 4.78 is 40.1. The molecule has 0 aliphatic heterocycles. The van der Waals surface area contributed by atoms with Crippen molar-refractivity contribution in [2.24, 2.45) is 0 Å². The minimum absolute atomic E-state index is 0.0289. The summed E-state index contributed by atoms with van der Waals surface area (Å²) in [5, 5.41) is 4.24. The molecule has 0 atom stereocenters. The predicted octanol–water partition coefficient (Wildman–Crippen LogP) is 4.35. The SMILES string of the molecule is CCCN(CC(F)(F)F)C(=O)c1nc(-c2ccccc2)n(-c2ccccc2)n1. The second kappa shape index (κ2) is 8.24. The number of amides is 1. The lowest BCUT2D eigenvalue weighted by molar-refractivity contribution is -0.140. The first kappa shape index (κ1) is 19.6. The molecule has 1 aromatic heterocycles. The van der Waals surface area contributed by atoms with Crippen LogP contribution in [-0.2, 0) is 0 Å². The topological polar surface area (TPSA) is 51.0 Å². The van der Waals surface area contributed by atoms with Gasteiger partial charge in [-0.3, -0.25) is 4.79 Å². The Balaban J connectivity index is 2.04. The molecule has 2 aromatic carbocycles. The van der Waals surface area contributed by atoms with E-state index in [1.165, 1.54) is 4.68 Å². The molecule has 8 heteroatoms. The van der Waals surface area contributed by atoms with E-state index < -0.39 is 18.6 Å². The van der Waals surface area contributed by atoms with Crippen molar-refractivity contribution in [2.45, 2.75) is 19.5 Å². The summed E-state index contributed by atoms with van der Waals surface area (Å²) in [6, 6.07) is 18.1. The molecule has 3 aromatic rings. The van der Waals surface area contributed by atoms with Gasteiger partial charge in [0.1, 0.15) is 6.54 Å². The van der Waals surface area contributed by atoms with Crippen molar-refractivity contribution in [3.05, 3.63) is 66.5 Å². The van der Waals surface area contributed by atoms with Crippen molar-refractivity contribution in [3.8, 4) is 17.1 Å². The number of benzene rings is 2. The molecule has 0 radical (unpaired) electrons. The average molecular weight is 388 g/mol. The largest absolute Gasteiger partial charge is 0.406 e. The van der Waals surface area contributed by atoms with Gasteiger partial charge in [-0.15, -0.1) is 5.10 Å². The molecule has 0 unspecified atom stereocenters. The van der Waals surface area contributed by atoms with Crippen LogP contribution >= 0.6 is 0 Å². The smallest absolute Gasteiger partial charge is 0.327 e. The fraction of sp³-hybridized carbons (Fsp3) is 0.250. The van der Waals surface area contributed by atoms with Crippen molar-refractivity contribution in [3.63, 3.8) is 0 Å². The second-order valence-electron chi connectivity index (χ2n) is 6.21. The summed E-state index contributed by atoms with van der Waals surface area (Å²) in [6.07, 6.45) is -4.10. The molecule has 0 aliphatic rings. The second-order valence-corrected chi connectivity index (χ2v) is 6.21. The number of para-hydroxylation sites is 1. The van der Waals surface area contributed by atoms with Crippen LogP contribution in [0, 0.1) is 0 Å². The lowest BCUT2D eigenvalue weighted by Gasteiger charge is -2.21. The Morgan fingerprint density at radius 2 is 1.64 bits per heavy atom.